The highest BCUT2D eigenvalue weighted by molar-refractivity contribution is 6.18. The summed E-state index contributed by atoms with van der Waals surface area (Å²) in [5.74, 6) is 0.198. The minimum atomic E-state index is -0.576. The molecule has 0 aliphatic heterocycles. The van der Waals surface area contributed by atoms with Crippen molar-refractivity contribution in [2.75, 3.05) is 19.1 Å². The van der Waals surface area contributed by atoms with E-state index in [9.17, 15) is 5.11 Å². The molecule has 4 heteroatoms. The van der Waals surface area contributed by atoms with Crippen LogP contribution in [0.1, 0.15) is 20.3 Å². The van der Waals surface area contributed by atoms with Crippen molar-refractivity contribution in [2.24, 2.45) is 0 Å². The normalized spacial score (nSPS) is 13.2. The summed E-state index contributed by atoms with van der Waals surface area (Å²) in [5.41, 5.74) is 0.724. The van der Waals surface area contributed by atoms with E-state index in [2.05, 4.69) is 6.58 Å². The van der Waals surface area contributed by atoms with E-state index in [1.807, 2.05) is 13.8 Å². The molecular weight excluding hydrogens is 204 g/mol. The van der Waals surface area contributed by atoms with Crippen molar-refractivity contribution in [3.05, 3.63) is 12.2 Å². The third-order valence-electron chi connectivity index (χ3n) is 1.65. The summed E-state index contributed by atoms with van der Waals surface area (Å²) < 4.78 is 10.6. The van der Waals surface area contributed by atoms with Crippen LogP contribution < -0.4 is 0 Å². The van der Waals surface area contributed by atoms with Gasteiger partial charge in [-0.2, -0.15) is 0 Å². The van der Waals surface area contributed by atoms with E-state index >= 15 is 0 Å². The molecule has 84 valence electrons. The third kappa shape index (κ3) is 5.60. The van der Waals surface area contributed by atoms with Crippen LogP contribution >= 0.6 is 11.6 Å². The molecule has 0 aliphatic rings. The van der Waals surface area contributed by atoms with Gasteiger partial charge in [0.2, 0.25) is 0 Å². The van der Waals surface area contributed by atoms with Gasteiger partial charge in [0, 0.05) is 25.5 Å². The standard InChI is InChI=1S/C10H19ClO3/c1-4-13-10(14-5-2)8(3)6-9(12)7-11/h9-10,12H,3-7H2,1-2H3/t9-/m0/s1. The smallest absolute Gasteiger partial charge is 0.179 e. The predicted molar refractivity (Wildman–Crippen MR) is 57.5 cm³/mol. The summed E-state index contributed by atoms with van der Waals surface area (Å²) in [4.78, 5) is 0. The molecule has 0 bridgehead atoms. The molecule has 0 aromatic carbocycles. The van der Waals surface area contributed by atoms with Gasteiger partial charge in [-0.05, 0) is 19.4 Å². The molecule has 1 atom stereocenters. The summed E-state index contributed by atoms with van der Waals surface area (Å²) in [7, 11) is 0. The predicted octanol–water partition coefficient (Wildman–Crippen LogP) is 1.93. The van der Waals surface area contributed by atoms with Crippen molar-refractivity contribution in [1.29, 1.82) is 0 Å². The molecule has 0 amide bonds. The van der Waals surface area contributed by atoms with Gasteiger partial charge in [-0.15, -0.1) is 11.6 Å². The van der Waals surface area contributed by atoms with Gasteiger partial charge in [-0.1, -0.05) is 6.58 Å². The number of aliphatic hydroxyl groups excluding tert-OH is 1. The average Bonchev–Trinajstić information content (AvgIpc) is 2.17. The number of hydrogen-bond acceptors (Lipinski definition) is 3. The molecular formula is C10H19ClO3. The van der Waals surface area contributed by atoms with Gasteiger partial charge >= 0.3 is 0 Å². The minimum absolute atomic E-state index is 0.198. The summed E-state index contributed by atoms with van der Waals surface area (Å²) >= 11 is 5.48. The van der Waals surface area contributed by atoms with Crippen LogP contribution in [0.15, 0.2) is 12.2 Å². The van der Waals surface area contributed by atoms with Crippen molar-refractivity contribution < 1.29 is 14.6 Å². The summed E-state index contributed by atoms with van der Waals surface area (Å²) in [6.45, 7) is 8.70. The van der Waals surface area contributed by atoms with E-state index in [1.165, 1.54) is 0 Å². The van der Waals surface area contributed by atoms with E-state index in [-0.39, 0.29) is 5.88 Å². The van der Waals surface area contributed by atoms with Crippen LogP contribution in [0, 0.1) is 0 Å². The fourth-order valence-electron chi connectivity index (χ4n) is 1.04. The Balaban J connectivity index is 4.00. The molecule has 0 fully saturated rings. The van der Waals surface area contributed by atoms with Crippen LogP contribution in [-0.2, 0) is 9.47 Å². The molecule has 0 aromatic rings. The molecule has 0 saturated carbocycles. The van der Waals surface area contributed by atoms with Gasteiger partial charge in [0.05, 0.1) is 6.10 Å². The quantitative estimate of drug-likeness (QED) is 0.388. The van der Waals surface area contributed by atoms with E-state index in [0.717, 1.165) is 5.57 Å². The lowest BCUT2D eigenvalue weighted by molar-refractivity contribution is -0.114. The van der Waals surface area contributed by atoms with Crippen molar-refractivity contribution in [3.8, 4) is 0 Å². The molecule has 0 aliphatic carbocycles. The number of ether oxygens (including phenoxy) is 2. The maximum absolute atomic E-state index is 9.31. The first-order valence-corrected chi connectivity index (χ1v) is 5.34. The lowest BCUT2D eigenvalue weighted by atomic mass is 10.1. The summed E-state index contributed by atoms with van der Waals surface area (Å²) in [6, 6.07) is 0. The van der Waals surface area contributed by atoms with Crippen molar-refractivity contribution >= 4 is 11.6 Å². The maximum atomic E-state index is 9.31. The summed E-state index contributed by atoms with van der Waals surface area (Å²) in [6.07, 6.45) is -0.593. The van der Waals surface area contributed by atoms with Gasteiger partial charge in [0.25, 0.3) is 0 Å². The van der Waals surface area contributed by atoms with Gasteiger partial charge in [-0.25, -0.2) is 0 Å². The molecule has 0 unspecified atom stereocenters. The summed E-state index contributed by atoms with van der Waals surface area (Å²) in [5, 5.41) is 9.31. The monoisotopic (exact) mass is 222 g/mol. The van der Waals surface area contributed by atoms with Crippen molar-refractivity contribution in [3.63, 3.8) is 0 Å². The first-order chi connectivity index (χ1) is 6.65. The van der Waals surface area contributed by atoms with E-state index in [1.54, 1.807) is 0 Å². The SMILES string of the molecule is C=C(C[C@H](O)CCl)C(OCC)OCC. The van der Waals surface area contributed by atoms with E-state index < -0.39 is 12.4 Å². The van der Waals surface area contributed by atoms with Gasteiger partial charge in [-0.3, -0.25) is 0 Å². The molecule has 0 spiro atoms. The average molecular weight is 223 g/mol. The highest BCUT2D eigenvalue weighted by atomic mass is 35.5. The highest BCUT2D eigenvalue weighted by Crippen LogP contribution is 2.13. The first-order valence-electron chi connectivity index (χ1n) is 4.80. The third-order valence-corrected chi connectivity index (χ3v) is 2.00. The van der Waals surface area contributed by atoms with E-state index in [4.69, 9.17) is 21.1 Å². The molecule has 3 nitrogen and oxygen atoms in total. The Bertz CT molecular complexity index is 155. The second-order valence-corrected chi connectivity index (χ2v) is 3.22. The Hall–Kier alpha value is -0.0900. The van der Waals surface area contributed by atoms with Crippen LogP contribution in [0.25, 0.3) is 0 Å². The molecule has 0 saturated heterocycles. The fraction of sp³-hybridized carbons (Fsp3) is 0.800. The van der Waals surface area contributed by atoms with Crippen LogP contribution in [0.3, 0.4) is 0 Å². The lowest BCUT2D eigenvalue weighted by Crippen LogP contribution is -2.23. The van der Waals surface area contributed by atoms with Gasteiger partial charge < -0.3 is 14.6 Å². The number of alkyl halides is 1. The van der Waals surface area contributed by atoms with Gasteiger partial charge in [0.1, 0.15) is 0 Å². The largest absolute Gasteiger partial charge is 0.392 e. The number of rotatable bonds is 8. The van der Waals surface area contributed by atoms with Crippen LogP contribution in [0.5, 0.6) is 0 Å². The van der Waals surface area contributed by atoms with Gasteiger partial charge in [0.15, 0.2) is 6.29 Å². The Kier molecular flexibility index (Phi) is 8.18. The lowest BCUT2D eigenvalue weighted by Gasteiger charge is -2.20. The second-order valence-electron chi connectivity index (χ2n) is 2.91. The molecule has 0 heterocycles. The molecule has 0 rings (SSSR count). The number of aliphatic hydroxyl groups is 1. The number of hydrogen-bond donors (Lipinski definition) is 1. The zero-order chi connectivity index (χ0) is 11.0. The van der Waals surface area contributed by atoms with Crippen LogP contribution in [0.2, 0.25) is 0 Å². The zero-order valence-electron chi connectivity index (χ0n) is 8.83. The van der Waals surface area contributed by atoms with Crippen molar-refractivity contribution in [2.45, 2.75) is 32.7 Å². The minimum Gasteiger partial charge on any atom is -0.392 e. The van der Waals surface area contributed by atoms with Crippen LogP contribution in [0.4, 0.5) is 0 Å². The number of halogens is 1. The Morgan fingerprint density at radius 1 is 1.36 bits per heavy atom. The van der Waals surface area contributed by atoms with Crippen molar-refractivity contribution in [1.82, 2.24) is 0 Å². The fourth-order valence-corrected chi connectivity index (χ4v) is 1.15. The van der Waals surface area contributed by atoms with Crippen LogP contribution in [-0.4, -0.2) is 36.6 Å². The molecule has 14 heavy (non-hydrogen) atoms. The van der Waals surface area contributed by atoms with E-state index in [0.29, 0.717) is 19.6 Å². The molecule has 0 aromatic heterocycles. The maximum Gasteiger partial charge on any atom is 0.179 e. The zero-order valence-corrected chi connectivity index (χ0v) is 9.59. The highest BCUT2D eigenvalue weighted by Gasteiger charge is 2.15. The Morgan fingerprint density at radius 3 is 2.21 bits per heavy atom. The topological polar surface area (TPSA) is 38.7 Å². The molecule has 1 N–H and O–H groups in total. The second kappa shape index (κ2) is 8.24. The Labute approximate surface area is 90.7 Å². The Morgan fingerprint density at radius 2 is 1.86 bits per heavy atom. The molecule has 0 radical (unpaired) electrons. The first kappa shape index (κ1) is 13.9.